The molecule has 1 fully saturated rings. The van der Waals surface area contributed by atoms with Gasteiger partial charge >= 0.3 is 0 Å². The molecule has 3 heterocycles. The van der Waals surface area contributed by atoms with Crippen LogP contribution in [-0.4, -0.2) is 35.6 Å². The largest absolute Gasteiger partial charge is 0.454 e. The molecule has 2 aromatic rings. The first-order chi connectivity index (χ1) is 11.7. The summed E-state index contributed by atoms with van der Waals surface area (Å²) in [6.07, 6.45) is 3.82. The Hall–Kier alpha value is -2.25. The van der Waals surface area contributed by atoms with Crippen molar-refractivity contribution in [1.82, 2.24) is 20.4 Å². The highest BCUT2D eigenvalue weighted by molar-refractivity contribution is 5.85. The number of benzene rings is 1. The molecule has 2 atom stereocenters. The van der Waals surface area contributed by atoms with Gasteiger partial charge in [0.15, 0.2) is 11.5 Å². The molecule has 25 heavy (non-hydrogen) atoms. The number of hydrogen-bond acceptors (Lipinski definition) is 5. The molecule has 2 aliphatic rings. The minimum atomic E-state index is -0.0943. The molecule has 0 spiro atoms. The van der Waals surface area contributed by atoms with Crippen LogP contribution in [0.2, 0.25) is 0 Å². The van der Waals surface area contributed by atoms with Crippen LogP contribution in [0.25, 0.3) is 0 Å². The third kappa shape index (κ3) is 3.43. The van der Waals surface area contributed by atoms with E-state index < -0.39 is 0 Å². The van der Waals surface area contributed by atoms with Crippen LogP contribution < -0.4 is 20.1 Å². The summed E-state index contributed by atoms with van der Waals surface area (Å²) >= 11 is 0. The molecule has 134 valence electrons. The molecule has 8 heteroatoms. The fraction of sp³-hybridized carbons (Fsp3) is 0.412. The van der Waals surface area contributed by atoms with E-state index in [9.17, 15) is 4.79 Å². The lowest BCUT2D eigenvalue weighted by Gasteiger charge is -2.17. The van der Waals surface area contributed by atoms with Crippen LogP contribution in [-0.2, 0) is 18.4 Å². The van der Waals surface area contributed by atoms with Gasteiger partial charge in [-0.15, -0.1) is 12.4 Å². The Kier molecular flexibility index (Phi) is 5.15. The fourth-order valence-electron chi connectivity index (χ4n) is 3.38. The highest BCUT2D eigenvalue weighted by Gasteiger charge is 2.34. The maximum absolute atomic E-state index is 12.7. The monoisotopic (exact) mass is 364 g/mol. The van der Waals surface area contributed by atoms with Crippen molar-refractivity contribution in [1.29, 1.82) is 0 Å². The Balaban J connectivity index is 0.00000182. The molecule has 1 saturated heterocycles. The molecule has 7 nitrogen and oxygen atoms in total. The third-order valence-corrected chi connectivity index (χ3v) is 4.64. The Bertz CT molecular complexity index is 764. The zero-order chi connectivity index (χ0) is 16.5. The van der Waals surface area contributed by atoms with E-state index in [1.54, 1.807) is 4.68 Å². The zero-order valence-corrected chi connectivity index (χ0v) is 14.7. The predicted molar refractivity (Wildman–Crippen MR) is 94.0 cm³/mol. The van der Waals surface area contributed by atoms with Gasteiger partial charge in [0.25, 0.3) is 0 Å². The van der Waals surface area contributed by atoms with Gasteiger partial charge in [-0.2, -0.15) is 5.10 Å². The van der Waals surface area contributed by atoms with Crippen molar-refractivity contribution in [3.05, 3.63) is 41.7 Å². The van der Waals surface area contributed by atoms with Gasteiger partial charge in [0.05, 0.1) is 12.1 Å². The molecule has 0 unspecified atom stereocenters. The summed E-state index contributed by atoms with van der Waals surface area (Å²) < 4.78 is 12.6. The van der Waals surface area contributed by atoms with Gasteiger partial charge in [-0.1, -0.05) is 12.1 Å². The molecule has 2 N–H and O–H groups in total. The SMILES string of the molecule is Cl.Cn1cc([C@H]2CNC[C@@H]2C(=O)NCc2cccc3c2OCO3)cn1. The van der Waals surface area contributed by atoms with Crippen LogP contribution in [0.3, 0.4) is 0 Å². The Morgan fingerprint density at radius 1 is 1.40 bits per heavy atom. The number of ether oxygens (including phenoxy) is 2. The van der Waals surface area contributed by atoms with Gasteiger partial charge in [0.1, 0.15) is 0 Å². The number of fused-ring (bicyclic) bond motifs is 1. The Labute approximate surface area is 152 Å². The van der Waals surface area contributed by atoms with Crippen molar-refractivity contribution in [2.75, 3.05) is 19.9 Å². The first-order valence-corrected chi connectivity index (χ1v) is 8.07. The number of para-hydroxylation sites is 1. The number of carbonyl (C=O) groups is 1. The highest BCUT2D eigenvalue weighted by Crippen LogP contribution is 2.35. The summed E-state index contributed by atoms with van der Waals surface area (Å²) in [6.45, 7) is 2.14. The molecule has 2 aliphatic heterocycles. The second kappa shape index (κ2) is 7.33. The van der Waals surface area contributed by atoms with Crippen LogP contribution >= 0.6 is 12.4 Å². The lowest BCUT2D eigenvalue weighted by Crippen LogP contribution is -2.34. The number of nitrogens with one attached hydrogen (secondary N) is 2. The van der Waals surface area contributed by atoms with E-state index in [1.807, 2.05) is 37.6 Å². The quantitative estimate of drug-likeness (QED) is 0.852. The number of amides is 1. The number of hydrogen-bond donors (Lipinski definition) is 2. The van der Waals surface area contributed by atoms with E-state index in [-0.39, 0.29) is 36.9 Å². The highest BCUT2D eigenvalue weighted by atomic mass is 35.5. The summed E-state index contributed by atoms with van der Waals surface area (Å²) in [5.74, 6) is 1.57. The van der Waals surface area contributed by atoms with Crippen LogP contribution in [0.15, 0.2) is 30.6 Å². The third-order valence-electron chi connectivity index (χ3n) is 4.64. The molecule has 4 rings (SSSR count). The molecular formula is C17H21ClN4O3. The summed E-state index contributed by atoms with van der Waals surface area (Å²) in [6, 6.07) is 5.72. The molecule has 0 radical (unpaired) electrons. The lowest BCUT2D eigenvalue weighted by atomic mass is 9.90. The molecule has 1 amide bonds. The molecule has 1 aromatic heterocycles. The van der Waals surface area contributed by atoms with Crippen molar-refractivity contribution in [3.63, 3.8) is 0 Å². The lowest BCUT2D eigenvalue weighted by molar-refractivity contribution is -0.125. The standard InChI is InChI=1S/C17H20N4O3.ClH/c1-21-9-12(6-20-21)13-7-18-8-14(13)17(22)19-5-11-3-2-4-15-16(11)24-10-23-15;/h2-4,6,9,13-14,18H,5,7-8,10H2,1H3,(H,19,22);1H/t13-,14+;/m1./s1. The number of nitrogens with zero attached hydrogens (tertiary/aromatic N) is 2. The minimum absolute atomic E-state index is 0. The van der Waals surface area contributed by atoms with E-state index >= 15 is 0 Å². The van der Waals surface area contributed by atoms with Gasteiger partial charge in [-0.05, 0) is 11.6 Å². The molecule has 0 aliphatic carbocycles. The maximum atomic E-state index is 12.7. The number of aryl methyl sites for hydroxylation is 1. The second-order valence-corrected chi connectivity index (χ2v) is 6.19. The van der Waals surface area contributed by atoms with E-state index in [2.05, 4.69) is 15.7 Å². The summed E-state index contributed by atoms with van der Waals surface area (Å²) in [7, 11) is 1.89. The smallest absolute Gasteiger partial charge is 0.231 e. The summed E-state index contributed by atoms with van der Waals surface area (Å²) in [4.78, 5) is 12.7. The first-order valence-electron chi connectivity index (χ1n) is 8.07. The van der Waals surface area contributed by atoms with Crippen LogP contribution in [0.1, 0.15) is 17.0 Å². The van der Waals surface area contributed by atoms with Crippen molar-refractivity contribution >= 4 is 18.3 Å². The zero-order valence-electron chi connectivity index (χ0n) is 13.9. The van der Waals surface area contributed by atoms with Crippen LogP contribution in [0.4, 0.5) is 0 Å². The van der Waals surface area contributed by atoms with Crippen LogP contribution in [0.5, 0.6) is 11.5 Å². The van der Waals surface area contributed by atoms with Gasteiger partial charge in [0, 0.05) is 44.4 Å². The Morgan fingerprint density at radius 3 is 3.08 bits per heavy atom. The number of carbonyl (C=O) groups excluding carboxylic acids is 1. The summed E-state index contributed by atoms with van der Waals surface area (Å²) in [5, 5.41) is 10.6. The van der Waals surface area contributed by atoms with Crippen molar-refractivity contribution in [2.45, 2.75) is 12.5 Å². The van der Waals surface area contributed by atoms with Crippen molar-refractivity contribution in [2.24, 2.45) is 13.0 Å². The molecule has 1 aromatic carbocycles. The number of rotatable bonds is 4. The average molecular weight is 365 g/mol. The maximum Gasteiger partial charge on any atom is 0.231 e. The van der Waals surface area contributed by atoms with Gasteiger partial charge < -0.3 is 20.1 Å². The minimum Gasteiger partial charge on any atom is -0.454 e. The van der Waals surface area contributed by atoms with E-state index in [4.69, 9.17) is 9.47 Å². The van der Waals surface area contributed by atoms with Crippen molar-refractivity contribution in [3.8, 4) is 11.5 Å². The van der Waals surface area contributed by atoms with Gasteiger partial charge in [-0.25, -0.2) is 0 Å². The Morgan fingerprint density at radius 2 is 2.28 bits per heavy atom. The van der Waals surface area contributed by atoms with Gasteiger partial charge in [0.2, 0.25) is 12.7 Å². The second-order valence-electron chi connectivity index (χ2n) is 6.19. The topological polar surface area (TPSA) is 77.4 Å². The predicted octanol–water partition coefficient (Wildman–Crippen LogP) is 1.19. The molecular weight excluding hydrogens is 344 g/mol. The number of aromatic nitrogens is 2. The average Bonchev–Trinajstić information content (AvgIpc) is 3.31. The fourth-order valence-corrected chi connectivity index (χ4v) is 3.38. The van der Waals surface area contributed by atoms with E-state index in [1.165, 1.54) is 0 Å². The first kappa shape index (κ1) is 17.6. The summed E-state index contributed by atoms with van der Waals surface area (Å²) in [5.41, 5.74) is 2.03. The number of halogens is 1. The molecule has 0 bridgehead atoms. The van der Waals surface area contributed by atoms with Crippen molar-refractivity contribution < 1.29 is 14.3 Å². The normalized spacial score (nSPS) is 21.0. The molecule has 0 saturated carbocycles. The van der Waals surface area contributed by atoms with E-state index in [0.29, 0.717) is 13.1 Å². The van der Waals surface area contributed by atoms with Gasteiger partial charge in [-0.3, -0.25) is 9.48 Å². The van der Waals surface area contributed by atoms with Crippen LogP contribution in [0, 0.1) is 5.92 Å². The van der Waals surface area contributed by atoms with E-state index in [0.717, 1.165) is 29.2 Å².